The van der Waals surface area contributed by atoms with Crippen LogP contribution in [0.3, 0.4) is 0 Å². The Labute approximate surface area is 65.2 Å². The van der Waals surface area contributed by atoms with E-state index in [1.807, 2.05) is 25.1 Å². The third-order valence-corrected chi connectivity index (χ3v) is 1.12. The Bertz CT molecular complexity index is 165. The van der Waals surface area contributed by atoms with Crippen molar-refractivity contribution in [3.05, 3.63) is 29.8 Å². The normalized spacial score (nSPS) is 8.11. The summed E-state index contributed by atoms with van der Waals surface area (Å²) < 4.78 is 0. The van der Waals surface area contributed by atoms with Crippen LogP contribution in [0.4, 0.5) is 0 Å². The Morgan fingerprint density at radius 2 is 1.78 bits per heavy atom. The molecule has 1 aromatic carbocycles. The largest absolute Gasteiger partial charge is 0.508 e. The Hall–Kier alpha value is -0.461. The van der Waals surface area contributed by atoms with Crippen molar-refractivity contribution in [2.24, 2.45) is 0 Å². The van der Waals surface area contributed by atoms with Crippen LogP contribution < -0.4 is 0 Å². The van der Waals surface area contributed by atoms with E-state index >= 15 is 0 Å². The second-order valence-corrected chi connectivity index (χ2v) is 1.79. The molecule has 53 valence electrons. The average molecular weight is 172 g/mol. The molecule has 2 heteroatoms. The molecule has 0 saturated carbocycles. The monoisotopic (exact) mass is 171 g/mol. The molecule has 0 aliphatic rings. The van der Waals surface area contributed by atoms with Crippen molar-refractivity contribution in [1.82, 2.24) is 0 Å². The second kappa shape index (κ2) is 3.54. The maximum absolute atomic E-state index is 8.92. The van der Waals surface area contributed by atoms with Crippen LogP contribution in [0.5, 0.6) is 5.75 Å². The van der Waals surface area contributed by atoms with Gasteiger partial charge in [0.25, 0.3) is 0 Å². The molecule has 0 saturated heterocycles. The number of hydrogen-bond acceptors (Lipinski definition) is 1. The van der Waals surface area contributed by atoms with Gasteiger partial charge in [-0.25, -0.2) is 0 Å². The molecule has 1 N–H and O–H groups in total. The number of phenols is 1. The molecule has 1 radical (unpaired) electrons. The minimum absolute atomic E-state index is 0. The SMILES string of the molecule is Cc1ccccc1O.[Cu]. The van der Waals surface area contributed by atoms with Gasteiger partial charge < -0.3 is 5.11 Å². The van der Waals surface area contributed by atoms with Crippen molar-refractivity contribution >= 4 is 0 Å². The molecule has 1 nitrogen and oxygen atoms in total. The van der Waals surface area contributed by atoms with E-state index in [9.17, 15) is 0 Å². The number of phenolic OH excluding ortho intramolecular Hbond substituents is 1. The molecule has 0 heterocycles. The van der Waals surface area contributed by atoms with Crippen molar-refractivity contribution in [3.63, 3.8) is 0 Å². The van der Waals surface area contributed by atoms with Gasteiger partial charge in [-0.1, -0.05) is 18.2 Å². The predicted molar refractivity (Wildman–Crippen MR) is 32.8 cm³/mol. The van der Waals surface area contributed by atoms with Gasteiger partial charge in [-0.2, -0.15) is 0 Å². The summed E-state index contributed by atoms with van der Waals surface area (Å²) in [5.74, 6) is 0.368. The molecule has 0 aliphatic heterocycles. The zero-order valence-electron chi connectivity index (χ0n) is 5.06. The van der Waals surface area contributed by atoms with E-state index in [4.69, 9.17) is 5.11 Å². The van der Waals surface area contributed by atoms with Crippen LogP contribution in [0, 0.1) is 6.92 Å². The molecule has 0 atom stereocenters. The van der Waals surface area contributed by atoms with Crippen molar-refractivity contribution in [2.75, 3.05) is 0 Å². The van der Waals surface area contributed by atoms with Crippen molar-refractivity contribution in [1.29, 1.82) is 0 Å². The quantitative estimate of drug-likeness (QED) is 0.590. The summed E-state index contributed by atoms with van der Waals surface area (Å²) in [5, 5.41) is 8.92. The molecule has 0 amide bonds. The van der Waals surface area contributed by atoms with E-state index in [-0.39, 0.29) is 17.1 Å². The first-order valence-corrected chi connectivity index (χ1v) is 2.55. The number of aryl methyl sites for hydroxylation is 1. The summed E-state index contributed by atoms with van der Waals surface area (Å²) in [5.41, 5.74) is 0.924. The van der Waals surface area contributed by atoms with E-state index in [0.717, 1.165) is 5.56 Å². The van der Waals surface area contributed by atoms with Crippen molar-refractivity contribution in [3.8, 4) is 5.75 Å². The number of para-hydroxylation sites is 1. The van der Waals surface area contributed by atoms with Gasteiger partial charge in [0.05, 0.1) is 0 Å². The maximum Gasteiger partial charge on any atom is 0.118 e. The molecule has 0 spiro atoms. The van der Waals surface area contributed by atoms with E-state index < -0.39 is 0 Å². The zero-order chi connectivity index (χ0) is 5.98. The molecule has 1 aromatic rings. The van der Waals surface area contributed by atoms with Gasteiger partial charge in [-0.05, 0) is 18.6 Å². The van der Waals surface area contributed by atoms with E-state index in [2.05, 4.69) is 0 Å². The summed E-state index contributed by atoms with van der Waals surface area (Å²) in [7, 11) is 0. The van der Waals surface area contributed by atoms with E-state index in [0.29, 0.717) is 5.75 Å². The third-order valence-electron chi connectivity index (χ3n) is 1.12. The maximum atomic E-state index is 8.92. The van der Waals surface area contributed by atoms with E-state index in [1.165, 1.54) is 0 Å². The fourth-order valence-electron chi connectivity index (χ4n) is 0.563. The number of benzene rings is 1. The van der Waals surface area contributed by atoms with Gasteiger partial charge in [0.15, 0.2) is 0 Å². The van der Waals surface area contributed by atoms with Crippen LogP contribution in [0.2, 0.25) is 0 Å². The Morgan fingerprint density at radius 1 is 1.22 bits per heavy atom. The summed E-state index contributed by atoms with van der Waals surface area (Å²) in [6.45, 7) is 1.87. The molecule has 1 rings (SSSR count). The predicted octanol–water partition coefficient (Wildman–Crippen LogP) is 1.70. The summed E-state index contributed by atoms with van der Waals surface area (Å²) in [6, 6.07) is 7.25. The first-order valence-electron chi connectivity index (χ1n) is 2.55. The number of hydrogen-bond donors (Lipinski definition) is 1. The summed E-state index contributed by atoms with van der Waals surface area (Å²) in [4.78, 5) is 0. The molecule has 0 fully saturated rings. The standard InChI is InChI=1S/C7H8O.Cu/c1-6-4-2-3-5-7(6)8;/h2-5,8H,1H3;. The molecular formula is C7H8CuO. The topological polar surface area (TPSA) is 20.2 Å². The van der Waals surface area contributed by atoms with Crippen molar-refractivity contribution < 1.29 is 22.2 Å². The molecule has 0 aliphatic carbocycles. The first kappa shape index (κ1) is 8.54. The number of rotatable bonds is 0. The molecule has 0 aromatic heterocycles. The third kappa shape index (κ3) is 2.08. The van der Waals surface area contributed by atoms with Gasteiger partial charge in [-0.15, -0.1) is 0 Å². The molecular weight excluding hydrogens is 164 g/mol. The number of aromatic hydroxyl groups is 1. The van der Waals surface area contributed by atoms with Gasteiger partial charge >= 0.3 is 0 Å². The Kier molecular flexibility index (Phi) is 3.36. The fraction of sp³-hybridized carbons (Fsp3) is 0.143. The fourth-order valence-corrected chi connectivity index (χ4v) is 0.563. The van der Waals surface area contributed by atoms with Crippen LogP contribution in [-0.4, -0.2) is 5.11 Å². The van der Waals surface area contributed by atoms with Crippen LogP contribution in [0.25, 0.3) is 0 Å². The molecule has 0 unspecified atom stereocenters. The van der Waals surface area contributed by atoms with Crippen LogP contribution in [-0.2, 0) is 17.1 Å². The zero-order valence-corrected chi connectivity index (χ0v) is 6.00. The molecule has 0 bridgehead atoms. The average Bonchev–Trinajstić information content (AvgIpc) is 1.77. The molecule has 9 heavy (non-hydrogen) atoms. The van der Waals surface area contributed by atoms with Crippen LogP contribution >= 0.6 is 0 Å². The van der Waals surface area contributed by atoms with E-state index in [1.54, 1.807) is 6.07 Å². The van der Waals surface area contributed by atoms with Crippen LogP contribution in [0.15, 0.2) is 24.3 Å². The van der Waals surface area contributed by atoms with Gasteiger partial charge in [0, 0.05) is 17.1 Å². The Morgan fingerprint density at radius 3 is 2.11 bits per heavy atom. The van der Waals surface area contributed by atoms with Gasteiger partial charge in [0.2, 0.25) is 0 Å². The first-order chi connectivity index (χ1) is 3.80. The van der Waals surface area contributed by atoms with Gasteiger partial charge in [-0.3, -0.25) is 0 Å². The summed E-state index contributed by atoms with van der Waals surface area (Å²) >= 11 is 0. The second-order valence-electron chi connectivity index (χ2n) is 1.79. The Balaban J connectivity index is 0.000000640. The van der Waals surface area contributed by atoms with Gasteiger partial charge in [0.1, 0.15) is 5.75 Å². The minimum Gasteiger partial charge on any atom is -0.508 e. The minimum atomic E-state index is 0. The van der Waals surface area contributed by atoms with Crippen LogP contribution in [0.1, 0.15) is 5.56 Å². The smallest absolute Gasteiger partial charge is 0.118 e. The summed E-state index contributed by atoms with van der Waals surface area (Å²) in [6.07, 6.45) is 0. The van der Waals surface area contributed by atoms with Crippen molar-refractivity contribution in [2.45, 2.75) is 6.92 Å².